The number of nitrogens with two attached hydrogens (primary N) is 1. The first-order valence-corrected chi connectivity index (χ1v) is 7.60. The standard InChI is InChI=1S/C21H21N/c1-16-8-6-7-11-18(16)19-12-14-21(2,15-13-20(19)22)17-9-4-3-5-10-17/h3-15H,22H2,1-2H3. The van der Waals surface area contributed by atoms with Gasteiger partial charge in [0.25, 0.3) is 0 Å². The van der Waals surface area contributed by atoms with Crippen molar-refractivity contribution in [2.75, 3.05) is 0 Å². The highest BCUT2D eigenvalue weighted by Crippen LogP contribution is 2.33. The Balaban J connectivity index is 2.06. The lowest BCUT2D eigenvalue weighted by Crippen LogP contribution is -2.15. The first-order chi connectivity index (χ1) is 10.6. The van der Waals surface area contributed by atoms with E-state index in [1.54, 1.807) is 0 Å². The zero-order valence-electron chi connectivity index (χ0n) is 13.1. The van der Waals surface area contributed by atoms with E-state index >= 15 is 0 Å². The maximum absolute atomic E-state index is 6.32. The monoisotopic (exact) mass is 287 g/mol. The first kappa shape index (κ1) is 14.4. The van der Waals surface area contributed by atoms with E-state index in [0.717, 1.165) is 11.3 Å². The minimum absolute atomic E-state index is 0.143. The Hall–Kier alpha value is -2.54. The van der Waals surface area contributed by atoms with Gasteiger partial charge in [0.1, 0.15) is 0 Å². The summed E-state index contributed by atoms with van der Waals surface area (Å²) < 4.78 is 0. The van der Waals surface area contributed by atoms with Crippen molar-refractivity contribution >= 4 is 5.57 Å². The van der Waals surface area contributed by atoms with Gasteiger partial charge in [-0.1, -0.05) is 72.8 Å². The molecule has 0 amide bonds. The first-order valence-electron chi connectivity index (χ1n) is 7.60. The van der Waals surface area contributed by atoms with E-state index in [1.807, 2.05) is 12.1 Å². The number of rotatable bonds is 2. The molecule has 0 bridgehead atoms. The number of hydrogen-bond donors (Lipinski definition) is 1. The van der Waals surface area contributed by atoms with Gasteiger partial charge in [-0.2, -0.15) is 0 Å². The fourth-order valence-electron chi connectivity index (χ4n) is 2.87. The molecule has 110 valence electrons. The normalized spacial score (nSPS) is 21.0. The van der Waals surface area contributed by atoms with Gasteiger partial charge in [0.2, 0.25) is 0 Å². The van der Waals surface area contributed by atoms with Crippen LogP contribution in [-0.4, -0.2) is 0 Å². The van der Waals surface area contributed by atoms with Crippen molar-refractivity contribution < 1.29 is 0 Å². The van der Waals surface area contributed by atoms with Crippen LogP contribution < -0.4 is 5.73 Å². The molecule has 0 heterocycles. The minimum atomic E-state index is -0.143. The third-order valence-electron chi connectivity index (χ3n) is 4.35. The van der Waals surface area contributed by atoms with Gasteiger partial charge in [0.05, 0.1) is 0 Å². The summed E-state index contributed by atoms with van der Waals surface area (Å²) in [6, 6.07) is 18.9. The molecule has 0 spiro atoms. The Kier molecular flexibility index (Phi) is 3.72. The van der Waals surface area contributed by atoms with E-state index in [4.69, 9.17) is 5.73 Å². The molecule has 1 atom stereocenters. The Morgan fingerprint density at radius 2 is 1.45 bits per heavy atom. The number of aryl methyl sites for hydroxylation is 1. The van der Waals surface area contributed by atoms with Crippen molar-refractivity contribution in [3.63, 3.8) is 0 Å². The Morgan fingerprint density at radius 1 is 0.818 bits per heavy atom. The third-order valence-corrected chi connectivity index (χ3v) is 4.35. The van der Waals surface area contributed by atoms with Gasteiger partial charge in [0.15, 0.2) is 0 Å². The zero-order chi connectivity index (χ0) is 15.6. The summed E-state index contributed by atoms with van der Waals surface area (Å²) in [5, 5.41) is 0. The lowest BCUT2D eigenvalue weighted by Gasteiger charge is -2.22. The van der Waals surface area contributed by atoms with Crippen molar-refractivity contribution in [3.8, 4) is 0 Å². The molecule has 2 aromatic rings. The summed E-state index contributed by atoms with van der Waals surface area (Å²) >= 11 is 0. The maximum atomic E-state index is 6.32. The average molecular weight is 287 g/mol. The largest absolute Gasteiger partial charge is 0.398 e. The molecule has 0 aliphatic heterocycles. The van der Waals surface area contributed by atoms with Gasteiger partial charge in [-0.05, 0) is 36.6 Å². The Labute approximate surface area is 132 Å². The van der Waals surface area contributed by atoms with E-state index in [-0.39, 0.29) is 5.41 Å². The molecular weight excluding hydrogens is 266 g/mol. The molecule has 2 N–H and O–H groups in total. The molecule has 22 heavy (non-hydrogen) atoms. The van der Waals surface area contributed by atoms with E-state index < -0.39 is 0 Å². The van der Waals surface area contributed by atoms with Crippen molar-refractivity contribution in [2.45, 2.75) is 19.3 Å². The second kappa shape index (κ2) is 5.69. The average Bonchev–Trinajstić information content (AvgIpc) is 2.70. The summed E-state index contributed by atoms with van der Waals surface area (Å²) in [5.74, 6) is 0. The third kappa shape index (κ3) is 2.62. The second-order valence-electron chi connectivity index (χ2n) is 6.00. The lowest BCUT2D eigenvalue weighted by molar-refractivity contribution is 0.758. The van der Waals surface area contributed by atoms with Crippen molar-refractivity contribution in [3.05, 3.63) is 101 Å². The van der Waals surface area contributed by atoms with Crippen LogP contribution in [0.15, 0.2) is 84.6 Å². The van der Waals surface area contributed by atoms with Gasteiger partial charge < -0.3 is 5.73 Å². The Bertz CT molecular complexity index is 766. The number of hydrogen-bond acceptors (Lipinski definition) is 1. The molecule has 1 nitrogen and oxygen atoms in total. The maximum Gasteiger partial charge on any atom is 0.0390 e. The predicted molar refractivity (Wildman–Crippen MR) is 94.4 cm³/mol. The van der Waals surface area contributed by atoms with Crippen LogP contribution in [0.1, 0.15) is 23.6 Å². The molecule has 0 fully saturated rings. The highest BCUT2D eigenvalue weighted by Gasteiger charge is 2.22. The van der Waals surface area contributed by atoms with Gasteiger partial charge in [-0.3, -0.25) is 0 Å². The number of allylic oxidation sites excluding steroid dienone is 5. The summed E-state index contributed by atoms with van der Waals surface area (Å²) in [5.41, 5.74) is 11.8. The molecule has 1 heteroatoms. The summed E-state index contributed by atoms with van der Waals surface area (Å²) in [4.78, 5) is 0. The van der Waals surface area contributed by atoms with Crippen LogP contribution in [0, 0.1) is 6.92 Å². The molecule has 0 radical (unpaired) electrons. The molecule has 2 aromatic carbocycles. The van der Waals surface area contributed by atoms with Crippen LogP contribution in [0.4, 0.5) is 0 Å². The van der Waals surface area contributed by atoms with Gasteiger partial charge >= 0.3 is 0 Å². The summed E-state index contributed by atoms with van der Waals surface area (Å²) in [7, 11) is 0. The molecular formula is C21H21N. The highest BCUT2D eigenvalue weighted by atomic mass is 14.6. The van der Waals surface area contributed by atoms with Gasteiger partial charge in [-0.15, -0.1) is 0 Å². The topological polar surface area (TPSA) is 26.0 Å². The van der Waals surface area contributed by atoms with Crippen molar-refractivity contribution in [1.29, 1.82) is 0 Å². The molecule has 1 unspecified atom stereocenters. The van der Waals surface area contributed by atoms with Crippen molar-refractivity contribution in [1.82, 2.24) is 0 Å². The molecule has 0 saturated carbocycles. The zero-order valence-corrected chi connectivity index (χ0v) is 13.1. The smallest absolute Gasteiger partial charge is 0.0390 e. The van der Waals surface area contributed by atoms with Crippen molar-refractivity contribution in [2.24, 2.45) is 5.73 Å². The molecule has 0 saturated heterocycles. The van der Waals surface area contributed by atoms with E-state index in [1.165, 1.54) is 16.7 Å². The van der Waals surface area contributed by atoms with Crippen LogP contribution in [0.2, 0.25) is 0 Å². The van der Waals surface area contributed by atoms with Crippen LogP contribution in [0.3, 0.4) is 0 Å². The lowest BCUT2D eigenvalue weighted by atomic mass is 9.82. The fourth-order valence-corrected chi connectivity index (χ4v) is 2.87. The number of benzene rings is 2. The fraction of sp³-hybridized carbons (Fsp3) is 0.143. The van der Waals surface area contributed by atoms with Crippen LogP contribution in [0.25, 0.3) is 5.57 Å². The predicted octanol–water partition coefficient (Wildman–Crippen LogP) is 4.75. The second-order valence-corrected chi connectivity index (χ2v) is 6.00. The summed E-state index contributed by atoms with van der Waals surface area (Å²) in [6.07, 6.45) is 8.61. The SMILES string of the molecule is Cc1ccccc1C1=C(N)C=CC(C)(c2ccccc2)C=C1. The van der Waals surface area contributed by atoms with Gasteiger partial charge in [-0.25, -0.2) is 0 Å². The molecule has 3 rings (SSSR count). The quantitative estimate of drug-likeness (QED) is 0.847. The molecule has 1 aliphatic carbocycles. The molecule has 0 aromatic heterocycles. The highest BCUT2D eigenvalue weighted by molar-refractivity contribution is 5.80. The van der Waals surface area contributed by atoms with Crippen LogP contribution in [0.5, 0.6) is 0 Å². The van der Waals surface area contributed by atoms with E-state index in [2.05, 4.69) is 80.6 Å². The van der Waals surface area contributed by atoms with Crippen LogP contribution in [-0.2, 0) is 5.41 Å². The van der Waals surface area contributed by atoms with E-state index in [0.29, 0.717) is 0 Å². The van der Waals surface area contributed by atoms with E-state index in [9.17, 15) is 0 Å². The summed E-state index contributed by atoms with van der Waals surface area (Å²) in [6.45, 7) is 4.33. The van der Waals surface area contributed by atoms with Gasteiger partial charge in [0, 0.05) is 16.7 Å². The molecule has 1 aliphatic rings. The van der Waals surface area contributed by atoms with Crippen LogP contribution >= 0.6 is 0 Å². The Morgan fingerprint density at radius 3 is 2.18 bits per heavy atom. The minimum Gasteiger partial charge on any atom is -0.398 e.